The van der Waals surface area contributed by atoms with Crippen LogP contribution in [0.15, 0.2) is 36.4 Å². The van der Waals surface area contributed by atoms with Crippen LogP contribution in [0.2, 0.25) is 0 Å². The van der Waals surface area contributed by atoms with E-state index in [1.54, 1.807) is 17.9 Å². The fourth-order valence-electron chi connectivity index (χ4n) is 2.72. The highest BCUT2D eigenvalue weighted by molar-refractivity contribution is 5.56. The van der Waals surface area contributed by atoms with Gasteiger partial charge in [0.25, 0.3) is 0 Å². The average Bonchev–Trinajstić information content (AvgIpc) is 2.94. The predicted molar refractivity (Wildman–Crippen MR) is 101 cm³/mol. The fourth-order valence-corrected chi connectivity index (χ4v) is 2.72. The predicted octanol–water partition coefficient (Wildman–Crippen LogP) is 4.42. The molecule has 0 saturated heterocycles. The maximum absolute atomic E-state index is 5.98. The monoisotopic (exact) mass is 350 g/mol. The molecule has 3 aromatic rings. The molecule has 2 heterocycles. The standard InChI is InChI=1S/C20H22N4O2/c1-6-7-16-8-9-17(18(11-16)25-5)26-20-12-19(21-15(4)22-20)24-14(3)10-13(2)23-24/h6-12H,1-5H3/b7-6+. The van der Waals surface area contributed by atoms with E-state index in [0.717, 1.165) is 17.0 Å². The molecule has 0 N–H and O–H groups in total. The third kappa shape index (κ3) is 3.74. The Labute approximate surface area is 153 Å². The number of benzene rings is 1. The van der Waals surface area contributed by atoms with E-state index in [9.17, 15) is 0 Å². The molecule has 3 rings (SSSR count). The van der Waals surface area contributed by atoms with Crippen molar-refractivity contribution in [3.8, 4) is 23.2 Å². The van der Waals surface area contributed by atoms with Crippen LogP contribution in [0, 0.1) is 20.8 Å². The zero-order valence-electron chi connectivity index (χ0n) is 15.6. The molecule has 0 aliphatic carbocycles. The summed E-state index contributed by atoms with van der Waals surface area (Å²) >= 11 is 0. The molecule has 0 atom stereocenters. The van der Waals surface area contributed by atoms with Crippen molar-refractivity contribution in [2.45, 2.75) is 27.7 Å². The van der Waals surface area contributed by atoms with Gasteiger partial charge in [0.05, 0.1) is 12.8 Å². The molecule has 0 unspecified atom stereocenters. The summed E-state index contributed by atoms with van der Waals surface area (Å²) in [6, 6.07) is 9.53. The van der Waals surface area contributed by atoms with Crippen molar-refractivity contribution in [1.82, 2.24) is 19.7 Å². The average molecular weight is 350 g/mol. The van der Waals surface area contributed by atoms with Crippen molar-refractivity contribution in [2.75, 3.05) is 7.11 Å². The first kappa shape index (κ1) is 17.7. The minimum atomic E-state index is 0.442. The van der Waals surface area contributed by atoms with E-state index in [-0.39, 0.29) is 0 Å². The van der Waals surface area contributed by atoms with E-state index in [4.69, 9.17) is 9.47 Å². The Morgan fingerprint density at radius 2 is 1.81 bits per heavy atom. The lowest BCUT2D eigenvalue weighted by Crippen LogP contribution is -2.05. The molecule has 0 amide bonds. The van der Waals surface area contributed by atoms with Crippen molar-refractivity contribution in [2.24, 2.45) is 0 Å². The van der Waals surface area contributed by atoms with E-state index < -0.39 is 0 Å². The molecule has 0 saturated carbocycles. The van der Waals surface area contributed by atoms with E-state index in [1.807, 2.05) is 64.1 Å². The zero-order chi connectivity index (χ0) is 18.7. The van der Waals surface area contributed by atoms with Crippen LogP contribution < -0.4 is 9.47 Å². The van der Waals surface area contributed by atoms with Crippen LogP contribution in [0.3, 0.4) is 0 Å². The van der Waals surface area contributed by atoms with E-state index in [1.165, 1.54) is 0 Å². The summed E-state index contributed by atoms with van der Waals surface area (Å²) in [6.07, 6.45) is 3.98. The minimum absolute atomic E-state index is 0.442. The van der Waals surface area contributed by atoms with E-state index in [2.05, 4.69) is 15.1 Å². The number of methoxy groups -OCH3 is 1. The third-order valence-corrected chi connectivity index (χ3v) is 3.79. The summed E-state index contributed by atoms with van der Waals surface area (Å²) in [4.78, 5) is 8.85. The number of ether oxygens (including phenoxy) is 2. The second-order valence-corrected chi connectivity index (χ2v) is 5.96. The molecule has 1 aromatic carbocycles. The van der Waals surface area contributed by atoms with Gasteiger partial charge in [0.2, 0.25) is 5.88 Å². The van der Waals surface area contributed by atoms with Crippen LogP contribution >= 0.6 is 0 Å². The number of rotatable bonds is 5. The molecule has 0 fully saturated rings. The van der Waals surface area contributed by atoms with Crippen molar-refractivity contribution in [3.63, 3.8) is 0 Å². The van der Waals surface area contributed by atoms with Gasteiger partial charge in [-0.3, -0.25) is 0 Å². The SMILES string of the molecule is C/C=C/c1ccc(Oc2cc(-n3nc(C)cc3C)nc(C)n2)c(OC)c1. The quantitative estimate of drug-likeness (QED) is 0.681. The first-order valence-corrected chi connectivity index (χ1v) is 8.38. The number of allylic oxidation sites excluding steroid dienone is 1. The van der Waals surface area contributed by atoms with Gasteiger partial charge in [-0.15, -0.1) is 0 Å². The third-order valence-electron chi connectivity index (χ3n) is 3.79. The summed E-state index contributed by atoms with van der Waals surface area (Å²) in [5.41, 5.74) is 2.97. The fraction of sp³-hybridized carbons (Fsp3) is 0.250. The molecule has 0 bridgehead atoms. The van der Waals surface area contributed by atoms with Crippen LogP contribution in [0.5, 0.6) is 17.4 Å². The Morgan fingerprint density at radius 1 is 1.00 bits per heavy atom. The van der Waals surface area contributed by atoms with Crippen LogP contribution in [0.25, 0.3) is 11.9 Å². The van der Waals surface area contributed by atoms with Gasteiger partial charge >= 0.3 is 0 Å². The number of hydrogen-bond acceptors (Lipinski definition) is 5. The number of aromatic nitrogens is 4. The molecule has 26 heavy (non-hydrogen) atoms. The van der Waals surface area contributed by atoms with Crippen LogP contribution in [-0.4, -0.2) is 26.9 Å². The van der Waals surface area contributed by atoms with Crippen molar-refractivity contribution < 1.29 is 9.47 Å². The van der Waals surface area contributed by atoms with E-state index >= 15 is 0 Å². The lowest BCUT2D eigenvalue weighted by molar-refractivity contribution is 0.373. The Bertz CT molecular complexity index is 960. The summed E-state index contributed by atoms with van der Waals surface area (Å²) in [5.74, 6) is 2.96. The van der Waals surface area contributed by atoms with Gasteiger partial charge in [-0.25, -0.2) is 9.67 Å². The normalized spacial score (nSPS) is 11.1. The molecule has 2 aromatic heterocycles. The lowest BCUT2D eigenvalue weighted by atomic mass is 10.2. The Morgan fingerprint density at radius 3 is 2.46 bits per heavy atom. The van der Waals surface area contributed by atoms with Crippen LogP contribution in [0.4, 0.5) is 0 Å². The minimum Gasteiger partial charge on any atom is -0.493 e. The highest BCUT2D eigenvalue weighted by Gasteiger charge is 2.12. The zero-order valence-corrected chi connectivity index (χ0v) is 15.6. The van der Waals surface area contributed by atoms with Gasteiger partial charge in [0.1, 0.15) is 5.82 Å². The molecule has 134 valence electrons. The van der Waals surface area contributed by atoms with Gasteiger partial charge in [0, 0.05) is 11.8 Å². The number of nitrogens with zero attached hydrogens (tertiary/aromatic N) is 4. The highest BCUT2D eigenvalue weighted by atomic mass is 16.5. The maximum Gasteiger partial charge on any atom is 0.224 e. The first-order chi connectivity index (χ1) is 12.5. The molecular formula is C20H22N4O2. The summed E-state index contributed by atoms with van der Waals surface area (Å²) in [7, 11) is 1.62. The molecule has 0 aliphatic heterocycles. The van der Waals surface area contributed by atoms with Gasteiger partial charge in [-0.05, 0) is 51.5 Å². The van der Waals surface area contributed by atoms with Crippen molar-refractivity contribution in [1.29, 1.82) is 0 Å². The largest absolute Gasteiger partial charge is 0.493 e. The molecule has 0 spiro atoms. The van der Waals surface area contributed by atoms with E-state index in [0.29, 0.717) is 29.0 Å². The van der Waals surface area contributed by atoms with Crippen LogP contribution in [0.1, 0.15) is 29.7 Å². The van der Waals surface area contributed by atoms with Gasteiger partial charge in [-0.2, -0.15) is 10.1 Å². The molecule has 0 aliphatic rings. The topological polar surface area (TPSA) is 62.1 Å². The summed E-state index contributed by atoms with van der Waals surface area (Å²) in [6.45, 7) is 7.74. The first-order valence-electron chi connectivity index (χ1n) is 8.38. The second-order valence-electron chi connectivity index (χ2n) is 5.96. The van der Waals surface area contributed by atoms with Crippen molar-refractivity contribution in [3.05, 3.63) is 59.2 Å². The second kappa shape index (κ2) is 7.39. The van der Waals surface area contributed by atoms with Gasteiger partial charge < -0.3 is 9.47 Å². The maximum atomic E-state index is 5.98. The summed E-state index contributed by atoms with van der Waals surface area (Å²) in [5, 5.41) is 4.47. The number of aryl methyl sites for hydroxylation is 3. The molecule has 6 heteroatoms. The Kier molecular flexibility index (Phi) is 5.02. The summed E-state index contributed by atoms with van der Waals surface area (Å²) < 4.78 is 13.2. The molecule has 0 radical (unpaired) electrons. The Hall–Kier alpha value is -3.15. The van der Waals surface area contributed by atoms with Crippen LogP contribution in [-0.2, 0) is 0 Å². The van der Waals surface area contributed by atoms with Gasteiger partial charge in [0.15, 0.2) is 17.3 Å². The number of hydrogen-bond donors (Lipinski definition) is 0. The lowest BCUT2D eigenvalue weighted by Gasteiger charge is -2.12. The smallest absolute Gasteiger partial charge is 0.224 e. The highest BCUT2D eigenvalue weighted by Crippen LogP contribution is 2.32. The molecular weight excluding hydrogens is 328 g/mol. The Balaban J connectivity index is 1.97. The molecule has 6 nitrogen and oxygen atoms in total. The van der Waals surface area contributed by atoms with Gasteiger partial charge in [-0.1, -0.05) is 18.2 Å². The van der Waals surface area contributed by atoms with Crippen molar-refractivity contribution >= 4 is 6.08 Å².